The summed E-state index contributed by atoms with van der Waals surface area (Å²) in [5, 5.41) is 0. The molecule has 1 aliphatic rings. The molecule has 0 spiro atoms. The fourth-order valence-electron chi connectivity index (χ4n) is 4.22. The molecular weight excluding hydrogens is 615 g/mol. The zero-order valence-corrected chi connectivity index (χ0v) is 26.8. The van der Waals surface area contributed by atoms with Gasteiger partial charge in [0.15, 0.2) is 18.3 Å². The molecule has 0 amide bonds. The van der Waals surface area contributed by atoms with Crippen molar-refractivity contribution in [2.24, 2.45) is 4.40 Å². The molecule has 0 bridgehead atoms. The Labute approximate surface area is 270 Å². The minimum absolute atomic E-state index is 0.236. The van der Waals surface area contributed by atoms with E-state index in [-0.39, 0.29) is 16.7 Å². The topological polar surface area (TPSA) is 124 Å². The molecule has 0 aliphatic carbocycles. The Morgan fingerprint density at radius 3 is 1.64 bits per heavy atom. The van der Waals surface area contributed by atoms with Gasteiger partial charge in [0, 0.05) is 5.75 Å². The van der Waals surface area contributed by atoms with Gasteiger partial charge in [-0.3, -0.25) is 0 Å². The van der Waals surface area contributed by atoms with Gasteiger partial charge in [-0.05, 0) is 57.2 Å². The number of carbonyl (C=O) groups excluding carboxylic acids is 3. The molecular formula is C34H35NO8S2. The van der Waals surface area contributed by atoms with E-state index in [1.54, 1.807) is 118 Å². The van der Waals surface area contributed by atoms with Gasteiger partial charge in [0.25, 0.3) is 0 Å². The molecule has 0 N–H and O–H groups in total. The first-order valence-corrected chi connectivity index (χ1v) is 16.4. The van der Waals surface area contributed by atoms with Gasteiger partial charge < -0.3 is 23.5 Å². The summed E-state index contributed by atoms with van der Waals surface area (Å²) in [6.45, 7) is 9.07. The normalized spacial score (nSPS) is 22.3. The highest BCUT2D eigenvalue weighted by Crippen LogP contribution is 2.35. The molecule has 1 heterocycles. The number of hydrogen-bond acceptors (Lipinski definition) is 10. The van der Waals surface area contributed by atoms with Crippen LogP contribution in [0.2, 0.25) is 0 Å². The standard InChI is InChI=1S/C34H35NO8S2/c1-5-21-44-33-29(43-32(38)25-19-13-8-14-20-25)28(42-31(37)24-17-11-7-12-18-24)27(41-30(36)23-15-9-6-10-16-23)26(40-33)22-35-45(39)34(2,3)4/h5-20,22,26-29,33H,1,21H2,2-4H3. The van der Waals surface area contributed by atoms with E-state index in [1.165, 1.54) is 18.0 Å². The van der Waals surface area contributed by atoms with E-state index in [1.807, 2.05) is 0 Å². The third-order valence-electron chi connectivity index (χ3n) is 6.49. The Hall–Kier alpha value is -3.90. The van der Waals surface area contributed by atoms with E-state index < -0.39 is 63.9 Å². The molecule has 0 saturated carbocycles. The van der Waals surface area contributed by atoms with Crippen LogP contribution in [0.3, 0.4) is 0 Å². The number of ether oxygens (including phenoxy) is 4. The van der Waals surface area contributed by atoms with Crippen molar-refractivity contribution in [3.63, 3.8) is 0 Å². The maximum Gasteiger partial charge on any atom is 0.338 e. The summed E-state index contributed by atoms with van der Waals surface area (Å²) in [5.41, 5.74) is -0.184. The lowest BCUT2D eigenvalue weighted by atomic mass is 9.99. The molecule has 3 aromatic rings. The van der Waals surface area contributed by atoms with Gasteiger partial charge in [-0.15, -0.1) is 18.3 Å². The van der Waals surface area contributed by atoms with E-state index in [0.29, 0.717) is 5.75 Å². The first-order valence-electron chi connectivity index (χ1n) is 14.2. The van der Waals surface area contributed by atoms with Gasteiger partial charge in [0.2, 0.25) is 0 Å². The minimum atomic E-state index is -1.68. The second-order valence-electron chi connectivity index (χ2n) is 10.9. The SMILES string of the molecule is C=CCSC1OC(C=N[S+]([O-])C(C)(C)C)C(OC(=O)c2ccccc2)C(OC(=O)c2ccccc2)C1OC(=O)c1ccccc1. The summed E-state index contributed by atoms with van der Waals surface area (Å²) in [6.07, 6.45) is -2.12. The molecule has 0 radical (unpaired) electrons. The molecule has 1 fully saturated rings. The highest BCUT2D eigenvalue weighted by atomic mass is 32.2. The van der Waals surface area contributed by atoms with E-state index in [2.05, 4.69) is 11.0 Å². The van der Waals surface area contributed by atoms with Crippen LogP contribution in [-0.2, 0) is 30.3 Å². The van der Waals surface area contributed by atoms with Crippen molar-refractivity contribution in [1.82, 2.24) is 0 Å². The third-order valence-corrected chi connectivity index (χ3v) is 8.99. The highest BCUT2D eigenvalue weighted by molar-refractivity contribution is 7.99. The van der Waals surface area contributed by atoms with Crippen molar-refractivity contribution in [3.8, 4) is 0 Å². The maximum absolute atomic E-state index is 13.5. The minimum Gasteiger partial charge on any atom is -0.591 e. The van der Waals surface area contributed by atoms with Gasteiger partial charge in [-0.25, -0.2) is 14.4 Å². The lowest BCUT2D eigenvalue weighted by Crippen LogP contribution is -2.61. The molecule has 3 aromatic carbocycles. The van der Waals surface area contributed by atoms with Crippen LogP contribution in [-0.4, -0.2) is 69.0 Å². The Morgan fingerprint density at radius 1 is 0.800 bits per heavy atom. The fraction of sp³-hybridized carbons (Fsp3) is 0.294. The first-order chi connectivity index (χ1) is 21.6. The highest BCUT2D eigenvalue weighted by Gasteiger charge is 2.52. The average molecular weight is 650 g/mol. The number of esters is 3. The Bertz CT molecular complexity index is 1460. The van der Waals surface area contributed by atoms with Crippen LogP contribution in [0.25, 0.3) is 0 Å². The van der Waals surface area contributed by atoms with Crippen LogP contribution in [0.4, 0.5) is 0 Å². The number of thioether (sulfide) groups is 1. The third kappa shape index (κ3) is 9.30. The van der Waals surface area contributed by atoms with Crippen LogP contribution in [0, 0.1) is 0 Å². The average Bonchev–Trinajstić information content (AvgIpc) is 3.05. The van der Waals surface area contributed by atoms with Crippen molar-refractivity contribution < 1.29 is 37.9 Å². The molecule has 1 saturated heterocycles. The largest absolute Gasteiger partial charge is 0.591 e. The Balaban J connectivity index is 1.80. The lowest BCUT2D eigenvalue weighted by molar-refractivity contribution is -0.181. The fourth-order valence-corrected chi connectivity index (χ4v) is 5.70. The quantitative estimate of drug-likeness (QED) is 0.0829. The van der Waals surface area contributed by atoms with Gasteiger partial charge >= 0.3 is 17.9 Å². The van der Waals surface area contributed by atoms with Crippen molar-refractivity contribution in [1.29, 1.82) is 0 Å². The number of carbonyl (C=O) groups is 3. The molecule has 4 rings (SSSR count). The summed E-state index contributed by atoms with van der Waals surface area (Å²) >= 11 is -0.437. The van der Waals surface area contributed by atoms with E-state index in [9.17, 15) is 18.9 Å². The van der Waals surface area contributed by atoms with Crippen LogP contribution < -0.4 is 0 Å². The Morgan fingerprint density at radius 2 is 1.22 bits per heavy atom. The van der Waals surface area contributed by atoms with E-state index in [4.69, 9.17) is 18.9 Å². The molecule has 45 heavy (non-hydrogen) atoms. The van der Waals surface area contributed by atoms with Gasteiger partial charge in [0.05, 0.1) is 22.9 Å². The van der Waals surface area contributed by atoms with Crippen molar-refractivity contribution >= 4 is 47.2 Å². The zero-order valence-electron chi connectivity index (χ0n) is 25.1. The molecule has 11 heteroatoms. The van der Waals surface area contributed by atoms with Crippen LogP contribution in [0.1, 0.15) is 51.8 Å². The van der Waals surface area contributed by atoms with Gasteiger partial charge in [0.1, 0.15) is 27.6 Å². The summed E-state index contributed by atoms with van der Waals surface area (Å²) in [4.78, 5) is 40.3. The second kappa shape index (κ2) is 15.9. The summed E-state index contributed by atoms with van der Waals surface area (Å²) in [7, 11) is 0. The number of nitrogens with zero attached hydrogens (tertiary/aromatic N) is 1. The van der Waals surface area contributed by atoms with Crippen molar-refractivity contribution in [3.05, 3.63) is 120 Å². The summed E-state index contributed by atoms with van der Waals surface area (Å²) < 4.78 is 40.8. The number of benzene rings is 3. The maximum atomic E-state index is 13.5. The molecule has 6 unspecified atom stereocenters. The molecule has 1 aliphatic heterocycles. The molecule has 236 valence electrons. The van der Waals surface area contributed by atoms with Crippen LogP contribution in [0.5, 0.6) is 0 Å². The van der Waals surface area contributed by atoms with E-state index in [0.717, 1.165) is 0 Å². The monoisotopic (exact) mass is 649 g/mol. The van der Waals surface area contributed by atoms with Crippen LogP contribution >= 0.6 is 11.8 Å². The number of rotatable bonds is 11. The summed E-state index contributed by atoms with van der Waals surface area (Å²) in [6, 6.07) is 24.9. The zero-order chi connectivity index (χ0) is 32.4. The second-order valence-corrected chi connectivity index (χ2v) is 14.0. The Kier molecular flexibility index (Phi) is 12.0. The predicted octanol–water partition coefficient (Wildman–Crippen LogP) is 5.84. The lowest BCUT2D eigenvalue weighted by Gasteiger charge is -2.43. The van der Waals surface area contributed by atoms with Crippen LogP contribution in [0.15, 0.2) is 108 Å². The van der Waals surface area contributed by atoms with Gasteiger partial charge in [-0.2, -0.15) is 0 Å². The van der Waals surface area contributed by atoms with Crippen molar-refractivity contribution in [2.75, 3.05) is 5.75 Å². The number of hydrogen-bond donors (Lipinski definition) is 0. The molecule has 0 aromatic heterocycles. The molecule has 9 nitrogen and oxygen atoms in total. The summed E-state index contributed by atoms with van der Waals surface area (Å²) in [5.74, 6) is -1.77. The van der Waals surface area contributed by atoms with Gasteiger partial charge in [-0.1, -0.05) is 65.1 Å². The van der Waals surface area contributed by atoms with Crippen molar-refractivity contribution in [2.45, 2.75) is 55.4 Å². The van der Waals surface area contributed by atoms with E-state index >= 15 is 0 Å². The predicted molar refractivity (Wildman–Crippen MR) is 175 cm³/mol. The smallest absolute Gasteiger partial charge is 0.338 e. The first kappa shape index (κ1) is 34.0. The molecule has 6 atom stereocenters.